The van der Waals surface area contributed by atoms with Gasteiger partial charge in [-0.05, 0) is 49.1 Å². The van der Waals surface area contributed by atoms with Crippen molar-refractivity contribution >= 4 is 16.7 Å². The van der Waals surface area contributed by atoms with Crippen LogP contribution in [0.5, 0.6) is 0 Å². The smallest absolute Gasteiger partial charge is 0.143 e. The van der Waals surface area contributed by atoms with Gasteiger partial charge in [0.1, 0.15) is 5.82 Å². The normalized spacial score (nSPS) is 10.8. The number of nitrogens with zero attached hydrogens (tertiary/aromatic N) is 1. The van der Waals surface area contributed by atoms with Gasteiger partial charge in [0.25, 0.3) is 0 Å². The van der Waals surface area contributed by atoms with Crippen LogP contribution in [0.15, 0.2) is 18.2 Å². The summed E-state index contributed by atoms with van der Waals surface area (Å²) >= 11 is 0. The van der Waals surface area contributed by atoms with Gasteiger partial charge in [-0.1, -0.05) is 19.4 Å². The predicted octanol–water partition coefficient (Wildman–Crippen LogP) is 3.09. The van der Waals surface area contributed by atoms with Crippen LogP contribution in [-0.4, -0.2) is 4.98 Å². The van der Waals surface area contributed by atoms with Crippen LogP contribution in [0.25, 0.3) is 10.9 Å². The van der Waals surface area contributed by atoms with Gasteiger partial charge in [-0.25, -0.2) is 10.8 Å². The monoisotopic (exact) mass is 229 g/mol. The Hall–Kier alpha value is -1.61. The van der Waals surface area contributed by atoms with E-state index in [4.69, 9.17) is 5.84 Å². The Morgan fingerprint density at radius 2 is 2.00 bits per heavy atom. The summed E-state index contributed by atoms with van der Waals surface area (Å²) in [5, 5.41) is 1.22. The Morgan fingerprint density at radius 1 is 1.24 bits per heavy atom. The number of rotatable bonds is 3. The molecule has 1 heterocycles. The summed E-state index contributed by atoms with van der Waals surface area (Å²) in [6, 6.07) is 6.49. The van der Waals surface area contributed by atoms with Gasteiger partial charge in [0.2, 0.25) is 0 Å². The van der Waals surface area contributed by atoms with Crippen LogP contribution in [0.1, 0.15) is 30.0 Å². The van der Waals surface area contributed by atoms with Crippen molar-refractivity contribution in [2.24, 2.45) is 5.84 Å². The molecule has 0 saturated heterocycles. The number of aromatic nitrogens is 1. The molecule has 0 aliphatic carbocycles. The first kappa shape index (κ1) is 11.9. The molecular formula is C14H19N3. The summed E-state index contributed by atoms with van der Waals surface area (Å²) in [6.07, 6.45) is 2.09. The minimum atomic E-state index is 0.796. The Balaban J connectivity index is 2.69. The fourth-order valence-electron chi connectivity index (χ4n) is 2.26. The average Bonchev–Trinajstić information content (AvgIpc) is 2.29. The standard InChI is InChI=1S/C14H19N3/c1-4-5-11-8-12-10(3)6-9(2)7-13(12)16-14(11)17-15/h6-8H,4-5,15H2,1-3H3,(H,16,17). The molecule has 2 rings (SSSR count). The van der Waals surface area contributed by atoms with E-state index in [9.17, 15) is 0 Å². The van der Waals surface area contributed by atoms with E-state index < -0.39 is 0 Å². The molecule has 0 bridgehead atoms. The van der Waals surface area contributed by atoms with Crippen molar-refractivity contribution < 1.29 is 0 Å². The summed E-state index contributed by atoms with van der Waals surface area (Å²) < 4.78 is 0. The van der Waals surface area contributed by atoms with Crippen molar-refractivity contribution in [3.05, 3.63) is 34.9 Å². The van der Waals surface area contributed by atoms with E-state index in [1.807, 2.05) is 0 Å². The van der Waals surface area contributed by atoms with Gasteiger partial charge < -0.3 is 5.43 Å². The predicted molar refractivity (Wildman–Crippen MR) is 73.0 cm³/mol. The highest BCUT2D eigenvalue weighted by molar-refractivity contribution is 5.85. The number of hydrazine groups is 1. The van der Waals surface area contributed by atoms with Crippen LogP contribution in [0, 0.1) is 13.8 Å². The molecular weight excluding hydrogens is 210 g/mol. The lowest BCUT2D eigenvalue weighted by Gasteiger charge is -2.11. The lowest BCUT2D eigenvalue weighted by Crippen LogP contribution is -2.11. The Morgan fingerprint density at radius 3 is 2.65 bits per heavy atom. The summed E-state index contributed by atoms with van der Waals surface area (Å²) in [7, 11) is 0. The third-order valence-electron chi connectivity index (χ3n) is 3.02. The van der Waals surface area contributed by atoms with E-state index in [0.29, 0.717) is 0 Å². The number of anilines is 1. The number of fused-ring (bicyclic) bond motifs is 1. The van der Waals surface area contributed by atoms with Crippen LogP contribution in [0.4, 0.5) is 5.82 Å². The van der Waals surface area contributed by atoms with E-state index >= 15 is 0 Å². The highest BCUT2D eigenvalue weighted by Gasteiger charge is 2.07. The van der Waals surface area contributed by atoms with Crippen molar-refractivity contribution in [1.82, 2.24) is 4.98 Å². The maximum absolute atomic E-state index is 5.54. The number of nitrogen functional groups attached to an aromatic ring is 1. The summed E-state index contributed by atoms with van der Waals surface area (Å²) in [5.74, 6) is 6.33. The van der Waals surface area contributed by atoms with Crippen LogP contribution < -0.4 is 11.3 Å². The van der Waals surface area contributed by atoms with Crippen molar-refractivity contribution in [2.75, 3.05) is 5.43 Å². The van der Waals surface area contributed by atoms with Crippen molar-refractivity contribution in [1.29, 1.82) is 0 Å². The average molecular weight is 229 g/mol. The van der Waals surface area contributed by atoms with Crippen molar-refractivity contribution in [3.63, 3.8) is 0 Å². The summed E-state index contributed by atoms with van der Waals surface area (Å²) in [4.78, 5) is 4.60. The van der Waals surface area contributed by atoms with Crippen LogP contribution in [0.2, 0.25) is 0 Å². The van der Waals surface area contributed by atoms with E-state index in [1.54, 1.807) is 0 Å². The molecule has 90 valence electrons. The second-order valence-corrected chi connectivity index (χ2v) is 4.54. The van der Waals surface area contributed by atoms with Gasteiger partial charge in [-0.3, -0.25) is 0 Å². The lowest BCUT2D eigenvalue weighted by molar-refractivity contribution is 0.917. The molecule has 0 saturated carbocycles. The second-order valence-electron chi connectivity index (χ2n) is 4.54. The highest BCUT2D eigenvalue weighted by Crippen LogP contribution is 2.24. The topological polar surface area (TPSA) is 50.9 Å². The maximum atomic E-state index is 5.54. The van der Waals surface area contributed by atoms with Crippen LogP contribution in [-0.2, 0) is 6.42 Å². The number of aryl methyl sites for hydroxylation is 3. The van der Waals surface area contributed by atoms with Crippen LogP contribution in [0.3, 0.4) is 0 Å². The zero-order chi connectivity index (χ0) is 12.4. The molecule has 17 heavy (non-hydrogen) atoms. The molecule has 0 aliphatic rings. The molecule has 0 spiro atoms. The molecule has 0 aliphatic heterocycles. The molecule has 1 aromatic carbocycles. The van der Waals surface area contributed by atoms with Gasteiger partial charge >= 0.3 is 0 Å². The number of hydrogen-bond donors (Lipinski definition) is 2. The number of nitrogens with one attached hydrogen (secondary N) is 1. The molecule has 3 heteroatoms. The number of pyridine rings is 1. The lowest BCUT2D eigenvalue weighted by atomic mass is 10.0. The Bertz CT molecular complexity index is 547. The van der Waals surface area contributed by atoms with Crippen LogP contribution >= 0.6 is 0 Å². The summed E-state index contributed by atoms with van der Waals surface area (Å²) in [5.41, 5.74) is 7.40. The molecule has 0 fully saturated rings. The SMILES string of the molecule is CCCc1cc2c(C)cc(C)cc2nc1NN. The van der Waals surface area contributed by atoms with E-state index in [1.165, 1.54) is 22.1 Å². The first-order valence-electron chi connectivity index (χ1n) is 6.03. The molecule has 1 aromatic heterocycles. The molecule has 3 N–H and O–H groups in total. The van der Waals surface area contributed by atoms with E-state index in [0.717, 1.165) is 24.2 Å². The number of hydrogen-bond acceptors (Lipinski definition) is 3. The van der Waals surface area contributed by atoms with E-state index in [-0.39, 0.29) is 0 Å². The first-order chi connectivity index (χ1) is 8.15. The van der Waals surface area contributed by atoms with Gasteiger partial charge in [0, 0.05) is 5.39 Å². The second kappa shape index (κ2) is 4.72. The zero-order valence-corrected chi connectivity index (χ0v) is 10.7. The fraction of sp³-hybridized carbons (Fsp3) is 0.357. The minimum Gasteiger partial charge on any atom is -0.308 e. The minimum absolute atomic E-state index is 0.796. The van der Waals surface area contributed by atoms with Gasteiger partial charge in [-0.2, -0.15) is 0 Å². The van der Waals surface area contributed by atoms with Crippen molar-refractivity contribution in [3.8, 4) is 0 Å². The molecule has 0 unspecified atom stereocenters. The molecule has 0 radical (unpaired) electrons. The van der Waals surface area contributed by atoms with E-state index in [2.05, 4.69) is 49.4 Å². The maximum Gasteiger partial charge on any atom is 0.143 e. The Kier molecular flexibility index (Phi) is 3.29. The van der Waals surface area contributed by atoms with Gasteiger partial charge in [0.05, 0.1) is 5.52 Å². The molecule has 0 amide bonds. The quantitative estimate of drug-likeness (QED) is 0.628. The molecule has 2 aromatic rings. The zero-order valence-electron chi connectivity index (χ0n) is 10.7. The third kappa shape index (κ3) is 2.24. The van der Waals surface area contributed by atoms with Crippen molar-refractivity contribution in [2.45, 2.75) is 33.6 Å². The van der Waals surface area contributed by atoms with Gasteiger partial charge in [0.15, 0.2) is 0 Å². The number of nitrogens with two attached hydrogens (primary N) is 1. The molecule has 0 atom stereocenters. The van der Waals surface area contributed by atoms with Gasteiger partial charge in [-0.15, -0.1) is 0 Å². The fourth-order valence-corrected chi connectivity index (χ4v) is 2.26. The Labute approximate surface area is 102 Å². The number of benzene rings is 1. The first-order valence-corrected chi connectivity index (χ1v) is 6.03. The third-order valence-corrected chi connectivity index (χ3v) is 3.02. The molecule has 3 nitrogen and oxygen atoms in total. The summed E-state index contributed by atoms with van der Waals surface area (Å²) in [6.45, 7) is 6.37. The largest absolute Gasteiger partial charge is 0.308 e. The highest BCUT2D eigenvalue weighted by atomic mass is 15.2.